The lowest BCUT2D eigenvalue weighted by Gasteiger charge is -2.51. The van der Waals surface area contributed by atoms with Gasteiger partial charge in [0.1, 0.15) is 0 Å². The van der Waals surface area contributed by atoms with Crippen LogP contribution < -0.4 is 5.30 Å². The maximum Gasteiger partial charge on any atom is -0.00778 e. The van der Waals surface area contributed by atoms with Crippen LogP contribution in [-0.2, 0) is 0 Å². The Morgan fingerprint density at radius 3 is 1.48 bits per heavy atom. The SMILES string of the molecule is CC(C)(C1CCCC1)P(c1ccccc1)C(C)(C)C1CCCC1. The normalized spacial score (nSPS) is 21.4. The smallest absolute Gasteiger partial charge is 0.00778 e. The molecule has 1 aromatic rings. The van der Waals surface area contributed by atoms with Gasteiger partial charge in [0.25, 0.3) is 0 Å². The van der Waals surface area contributed by atoms with Crippen LogP contribution in [0.25, 0.3) is 0 Å². The van der Waals surface area contributed by atoms with Crippen LogP contribution in [0.3, 0.4) is 0 Å². The minimum atomic E-state index is -0.164. The Morgan fingerprint density at radius 2 is 1.09 bits per heavy atom. The first-order valence-corrected chi connectivity index (χ1v) is 11.1. The monoisotopic (exact) mass is 330 g/mol. The molecule has 0 bridgehead atoms. The zero-order chi connectivity index (χ0) is 16.5. The minimum absolute atomic E-state index is 0.164. The highest BCUT2D eigenvalue weighted by molar-refractivity contribution is 7.68. The van der Waals surface area contributed by atoms with Crippen LogP contribution in [0, 0.1) is 11.8 Å². The molecule has 0 spiro atoms. The van der Waals surface area contributed by atoms with E-state index in [1.54, 1.807) is 5.30 Å². The fourth-order valence-corrected chi connectivity index (χ4v) is 10.1. The van der Waals surface area contributed by atoms with Crippen molar-refractivity contribution in [1.82, 2.24) is 0 Å². The van der Waals surface area contributed by atoms with Gasteiger partial charge in [0.15, 0.2) is 0 Å². The standard InChI is InChI=1S/C22H35P/c1-21(2,18-12-8-9-13-18)23(20-16-6-5-7-17-20)22(3,4)19-14-10-11-15-19/h5-7,16-19H,8-15H2,1-4H3. The average Bonchev–Trinajstić information content (AvgIpc) is 3.22. The van der Waals surface area contributed by atoms with E-state index in [1.165, 1.54) is 51.4 Å². The summed E-state index contributed by atoms with van der Waals surface area (Å²) in [4.78, 5) is 0. The second kappa shape index (κ2) is 6.87. The lowest BCUT2D eigenvalue weighted by Crippen LogP contribution is -2.42. The summed E-state index contributed by atoms with van der Waals surface area (Å²) in [7, 11) is -0.164. The molecule has 0 amide bonds. The van der Waals surface area contributed by atoms with Crippen LogP contribution in [0.15, 0.2) is 30.3 Å². The second-order valence-electron chi connectivity index (χ2n) is 8.94. The highest BCUT2D eigenvalue weighted by Crippen LogP contribution is 2.66. The zero-order valence-electron chi connectivity index (χ0n) is 15.6. The fraction of sp³-hybridized carbons (Fsp3) is 0.727. The van der Waals surface area contributed by atoms with E-state index in [4.69, 9.17) is 0 Å². The highest BCUT2D eigenvalue weighted by atomic mass is 31.1. The first kappa shape index (κ1) is 17.5. The Hall–Kier alpha value is -0.350. The Morgan fingerprint density at radius 1 is 0.696 bits per heavy atom. The summed E-state index contributed by atoms with van der Waals surface area (Å²) in [6.45, 7) is 10.4. The van der Waals surface area contributed by atoms with E-state index in [0.29, 0.717) is 10.3 Å². The van der Waals surface area contributed by atoms with Crippen molar-refractivity contribution in [2.75, 3.05) is 0 Å². The maximum atomic E-state index is 2.61. The van der Waals surface area contributed by atoms with Crippen LogP contribution in [0.4, 0.5) is 0 Å². The van der Waals surface area contributed by atoms with Crippen molar-refractivity contribution >= 4 is 13.2 Å². The molecule has 1 aromatic carbocycles. The van der Waals surface area contributed by atoms with E-state index >= 15 is 0 Å². The van der Waals surface area contributed by atoms with Crippen molar-refractivity contribution in [2.24, 2.45) is 11.8 Å². The molecule has 2 saturated carbocycles. The Labute approximate surface area is 145 Å². The molecule has 23 heavy (non-hydrogen) atoms. The third-order valence-electron chi connectivity index (χ3n) is 6.88. The molecule has 0 N–H and O–H groups in total. The summed E-state index contributed by atoms with van der Waals surface area (Å²) in [5.74, 6) is 1.85. The topological polar surface area (TPSA) is 0 Å². The Kier molecular flexibility index (Phi) is 5.22. The molecule has 0 atom stereocenters. The molecule has 0 nitrogen and oxygen atoms in total. The third kappa shape index (κ3) is 3.39. The van der Waals surface area contributed by atoms with E-state index in [0.717, 1.165) is 11.8 Å². The van der Waals surface area contributed by atoms with Gasteiger partial charge in [-0.25, -0.2) is 0 Å². The van der Waals surface area contributed by atoms with Gasteiger partial charge in [0.2, 0.25) is 0 Å². The van der Waals surface area contributed by atoms with Crippen molar-refractivity contribution < 1.29 is 0 Å². The second-order valence-corrected chi connectivity index (χ2v) is 12.4. The van der Waals surface area contributed by atoms with E-state index in [9.17, 15) is 0 Å². The number of rotatable bonds is 5. The van der Waals surface area contributed by atoms with Crippen LogP contribution >= 0.6 is 7.92 Å². The molecule has 0 unspecified atom stereocenters. The molecular formula is C22H35P. The van der Waals surface area contributed by atoms with Crippen molar-refractivity contribution in [3.8, 4) is 0 Å². The first-order chi connectivity index (χ1) is 10.9. The Balaban J connectivity index is 1.99. The van der Waals surface area contributed by atoms with Gasteiger partial charge in [0.05, 0.1) is 0 Å². The predicted octanol–water partition coefficient (Wildman–Crippen LogP) is 6.73. The summed E-state index contributed by atoms with van der Waals surface area (Å²) in [6, 6.07) is 11.6. The molecule has 0 radical (unpaired) electrons. The van der Waals surface area contributed by atoms with Gasteiger partial charge in [-0.1, -0.05) is 91.6 Å². The van der Waals surface area contributed by atoms with Crippen LogP contribution in [0.5, 0.6) is 0 Å². The molecule has 0 aromatic heterocycles. The summed E-state index contributed by atoms with van der Waals surface area (Å²) in [6.07, 6.45) is 11.6. The van der Waals surface area contributed by atoms with Gasteiger partial charge in [-0.15, -0.1) is 0 Å². The molecule has 128 valence electrons. The highest BCUT2D eigenvalue weighted by Gasteiger charge is 2.49. The summed E-state index contributed by atoms with van der Waals surface area (Å²) in [5.41, 5.74) is 0. The van der Waals surface area contributed by atoms with Gasteiger partial charge in [-0.2, -0.15) is 0 Å². The van der Waals surface area contributed by atoms with Gasteiger partial charge in [-0.05, 0) is 53.1 Å². The van der Waals surface area contributed by atoms with Gasteiger partial charge < -0.3 is 0 Å². The fourth-order valence-electron chi connectivity index (χ4n) is 5.61. The van der Waals surface area contributed by atoms with E-state index in [1.807, 2.05) is 0 Å². The molecule has 3 rings (SSSR count). The van der Waals surface area contributed by atoms with Gasteiger partial charge in [0, 0.05) is 0 Å². The predicted molar refractivity (Wildman–Crippen MR) is 105 cm³/mol. The van der Waals surface area contributed by atoms with Crippen molar-refractivity contribution in [1.29, 1.82) is 0 Å². The van der Waals surface area contributed by atoms with E-state index < -0.39 is 0 Å². The minimum Gasteiger partial charge on any atom is -0.0632 e. The number of hydrogen-bond donors (Lipinski definition) is 0. The van der Waals surface area contributed by atoms with Crippen molar-refractivity contribution in [3.63, 3.8) is 0 Å². The molecule has 0 aliphatic heterocycles. The largest absolute Gasteiger partial charge is 0.0632 e. The maximum absolute atomic E-state index is 2.61. The van der Waals surface area contributed by atoms with E-state index in [-0.39, 0.29) is 7.92 Å². The van der Waals surface area contributed by atoms with Gasteiger partial charge in [-0.3, -0.25) is 0 Å². The lowest BCUT2D eigenvalue weighted by molar-refractivity contribution is 0.389. The number of hydrogen-bond acceptors (Lipinski definition) is 0. The zero-order valence-corrected chi connectivity index (χ0v) is 16.5. The van der Waals surface area contributed by atoms with E-state index in [2.05, 4.69) is 58.0 Å². The average molecular weight is 330 g/mol. The molecule has 0 saturated heterocycles. The van der Waals surface area contributed by atoms with Crippen LogP contribution in [0.1, 0.15) is 79.1 Å². The molecule has 2 fully saturated rings. The molecular weight excluding hydrogens is 295 g/mol. The first-order valence-electron chi connectivity index (χ1n) is 9.79. The van der Waals surface area contributed by atoms with Crippen LogP contribution in [-0.4, -0.2) is 10.3 Å². The molecule has 2 aliphatic rings. The molecule has 1 heteroatoms. The number of benzene rings is 1. The van der Waals surface area contributed by atoms with Crippen molar-refractivity contribution in [2.45, 2.75) is 89.4 Å². The third-order valence-corrected chi connectivity index (χ3v) is 10.7. The lowest BCUT2D eigenvalue weighted by atomic mass is 9.92. The van der Waals surface area contributed by atoms with Gasteiger partial charge >= 0.3 is 0 Å². The molecule has 0 heterocycles. The van der Waals surface area contributed by atoms with Crippen molar-refractivity contribution in [3.05, 3.63) is 30.3 Å². The summed E-state index contributed by atoms with van der Waals surface area (Å²) in [5, 5.41) is 2.56. The summed E-state index contributed by atoms with van der Waals surface area (Å²) >= 11 is 0. The summed E-state index contributed by atoms with van der Waals surface area (Å²) < 4.78 is 0. The Bertz CT molecular complexity index is 462. The molecule has 2 aliphatic carbocycles. The quantitative estimate of drug-likeness (QED) is 0.525. The van der Waals surface area contributed by atoms with Crippen LogP contribution in [0.2, 0.25) is 0 Å².